The number of hydrogen-bond acceptors (Lipinski definition) is 4. The Labute approximate surface area is 112 Å². The van der Waals surface area contributed by atoms with Crippen LogP contribution in [0.4, 0.5) is 5.82 Å². The van der Waals surface area contributed by atoms with Crippen molar-refractivity contribution in [3.8, 4) is 0 Å². The van der Waals surface area contributed by atoms with Gasteiger partial charge < -0.3 is 10.2 Å². The molecule has 100 valence electrons. The maximum Gasteiger partial charge on any atom is 0.244 e. The quantitative estimate of drug-likeness (QED) is 0.910. The number of fused-ring (bicyclic) bond motifs is 1. The second-order valence-electron chi connectivity index (χ2n) is 4.50. The molecule has 2 aromatic rings. The molecule has 1 N–H and O–H groups in total. The lowest BCUT2D eigenvalue weighted by Crippen LogP contribution is -2.39. The van der Waals surface area contributed by atoms with Crippen molar-refractivity contribution in [1.29, 1.82) is 0 Å². The minimum absolute atomic E-state index is 0.0391. The van der Waals surface area contributed by atoms with Crippen molar-refractivity contribution < 1.29 is 4.79 Å². The fourth-order valence-corrected chi connectivity index (χ4v) is 1.89. The van der Waals surface area contributed by atoms with Crippen LogP contribution in [0, 0.1) is 0 Å². The van der Waals surface area contributed by atoms with Crippen molar-refractivity contribution in [2.24, 2.45) is 0 Å². The highest BCUT2D eigenvalue weighted by molar-refractivity contribution is 5.93. The Hall–Kier alpha value is -2.17. The van der Waals surface area contributed by atoms with Gasteiger partial charge in [-0.3, -0.25) is 4.79 Å². The molecule has 1 atom stereocenters. The molecule has 5 nitrogen and oxygen atoms in total. The van der Waals surface area contributed by atoms with Crippen LogP contribution < -0.4 is 5.32 Å². The molecular formula is C14H18N4O. The van der Waals surface area contributed by atoms with Crippen LogP contribution in [0.25, 0.3) is 10.8 Å². The van der Waals surface area contributed by atoms with Crippen LogP contribution >= 0.6 is 0 Å². The average molecular weight is 258 g/mol. The van der Waals surface area contributed by atoms with E-state index in [1.807, 2.05) is 38.1 Å². The number of nitrogens with one attached hydrogen (secondary N) is 1. The van der Waals surface area contributed by atoms with Gasteiger partial charge in [-0.2, -0.15) is 5.10 Å². The maximum atomic E-state index is 12.0. The van der Waals surface area contributed by atoms with Crippen molar-refractivity contribution >= 4 is 22.5 Å². The van der Waals surface area contributed by atoms with E-state index in [4.69, 9.17) is 0 Å². The first-order valence-electron chi connectivity index (χ1n) is 6.35. The van der Waals surface area contributed by atoms with Gasteiger partial charge in [0.15, 0.2) is 5.82 Å². The Morgan fingerprint density at radius 2 is 2.16 bits per heavy atom. The molecule has 1 aromatic carbocycles. The Balaban J connectivity index is 2.24. The van der Waals surface area contributed by atoms with Gasteiger partial charge in [0.05, 0.1) is 6.20 Å². The summed E-state index contributed by atoms with van der Waals surface area (Å²) in [6, 6.07) is 7.50. The van der Waals surface area contributed by atoms with E-state index in [-0.39, 0.29) is 11.9 Å². The minimum atomic E-state index is -0.329. The first kappa shape index (κ1) is 13.3. The number of carbonyl (C=O) groups is 1. The van der Waals surface area contributed by atoms with Crippen molar-refractivity contribution in [3.63, 3.8) is 0 Å². The fourth-order valence-electron chi connectivity index (χ4n) is 1.89. The highest BCUT2D eigenvalue weighted by Gasteiger charge is 2.17. The number of rotatable bonds is 4. The molecule has 1 unspecified atom stereocenters. The molecule has 0 fully saturated rings. The van der Waals surface area contributed by atoms with Crippen LogP contribution in [-0.2, 0) is 4.79 Å². The highest BCUT2D eigenvalue weighted by atomic mass is 16.2. The Morgan fingerprint density at radius 1 is 1.42 bits per heavy atom. The summed E-state index contributed by atoms with van der Waals surface area (Å²) in [4.78, 5) is 13.7. The van der Waals surface area contributed by atoms with E-state index < -0.39 is 0 Å². The Morgan fingerprint density at radius 3 is 2.89 bits per heavy atom. The van der Waals surface area contributed by atoms with Crippen LogP contribution in [0.3, 0.4) is 0 Å². The van der Waals surface area contributed by atoms with Crippen molar-refractivity contribution in [2.75, 3.05) is 18.9 Å². The lowest BCUT2D eigenvalue weighted by molar-refractivity contribution is -0.130. The van der Waals surface area contributed by atoms with Gasteiger partial charge in [-0.05, 0) is 13.8 Å². The second-order valence-corrected chi connectivity index (χ2v) is 4.50. The van der Waals surface area contributed by atoms with Crippen LogP contribution in [0.15, 0.2) is 30.5 Å². The Bertz CT molecular complexity index is 579. The number of anilines is 1. The lowest BCUT2D eigenvalue weighted by atomic mass is 10.2. The number of likely N-dealkylation sites (N-methyl/N-ethyl adjacent to an activating group) is 1. The SMILES string of the molecule is CCN(C)C(=O)C(C)Nc1nncc2ccccc12. The van der Waals surface area contributed by atoms with E-state index in [0.717, 1.165) is 10.8 Å². The third-order valence-electron chi connectivity index (χ3n) is 3.14. The van der Waals surface area contributed by atoms with E-state index in [2.05, 4.69) is 15.5 Å². The molecular weight excluding hydrogens is 240 g/mol. The second kappa shape index (κ2) is 5.65. The van der Waals surface area contributed by atoms with Gasteiger partial charge in [0.25, 0.3) is 0 Å². The molecule has 0 aliphatic rings. The topological polar surface area (TPSA) is 58.1 Å². The standard InChI is InChI=1S/C14H18N4O/c1-4-18(3)14(19)10(2)16-13-12-8-6-5-7-11(12)9-15-17-13/h5-10H,4H2,1-3H3,(H,16,17). The molecule has 0 spiro atoms. The van der Waals surface area contributed by atoms with Crippen LogP contribution in [0.2, 0.25) is 0 Å². The molecule has 19 heavy (non-hydrogen) atoms. The van der Waals surface area contributed by atoms with Gasteiger partial charge in [-0.15, -0.1) is 5.10 Å². The number of amides is 1. The van der Waals surface area contributed by atoms with Crippen molar-refractivity contribution in [2.45, 2.75) is 19.9 Å². The summed E-state index contributed by atoms with van der Waals surface area (Å²) in [7, 11) is 1.79. The van der Waals surface area contributed by atoms with E-state index in [1.165, 1.54) is 0 Å². The van der Waals surface area contributed by atoms with Crippen LogP contribution in [0.1, 0.15) is 13.8 Å². The third-order valence-corrected chi connectivity index (χ3v) is 3.14. The highest BCUT2D eigenvalue weighted by Crippen LogP contribution is 2.19. The predicted octanol–water partition coefficient (Wildman–Crippen LogP) is 1.91. The number of hydrogen-bond donors (Lipinski definition) is 1. The number of benzene rings is 1. The molecule has 0 aliphatic carbocycles. The zero-order chi connectivity index (χ0) is 13.8. The van der Waals surface area contributed by atoms with Gasteiger partial charge in [-0.25, -0.2) is 0 Å². The monoisotopic (exact) mass is 258 g/mol. The zero-order valence-electron chi connectivity index (χ0n) is 11.4. The summed E-state index contributed by atoms with van der Waals surface area (Å²) in [6.45, 7) is 4.46. The van der Waals surface area contributed by atoms with Crippen molar-refractivity contribution in [3.05, 3.63) is 30.5 Å². The van der Waals surface area contributed by atoms with Gasteiger partial charge in [0.1, 0.15) is 6.04 Å². The molecule has 0 saturated carbocycles. The first-order chi connectivity index (χ1) is 9.13. The maximum absolute atomic E-state index is 12.0. The number of nitrogens with zero attached hydrogens (tertiary/aromatic N) is 3. The number of aromatic nitrogens is 2. The Kier molecular flexibility index (Phi) is 3.94. The van der Waals surface area contributed by atoms with E-state index in [0.29, 0.717) is 12.4 Å². The third kappa shape index (κ3) is 2.81. The largest absolute Gasteiger partial charge is 0.357 e. The molecule has 0 radical (unpaired) electrons. The lowest BCUT2D eigenvalue weighted by Gasteiger charge is -2.21. The predicted molar refractivity (Wildman–Crippen MR) is 75.9 cm³/mol. The van der Waals surface area contributed by atoms with Crippen molar-refractivity contribution in [1.82, 2.24) is 15.1 Å². The molecule has 1 heterocycles. The molecule has 2 rings (SSSR count). The summed E-state index contributed by atoms with van der Waals surface area (Å²) in [5.41, 5.74) is 0. The molecule has 1 aromatic heterocycles. The van der Waals surface area contributed by atoms with E-state index >= 15 is 0 Å². The summed E-state index contributed by atoms with van der Waals surface area (Å²) < 4.78 is 0. The molecule has 0 bridgehead atoms. The zero-order valence-corrected chi connectivity index (χ0v) is 11.4. The number of carbonyl (C=O) groups excluding carboxylic acids is 1. The smallest absolute Gasteiger partial charge is 0.244 e. The summed E-state index contributed by atoms with van der Waals surface area (Å²) >= 11 is 0. The summed E-state index contributed by atoms with van der Waals surface area (Å²) in [6.07, 6.45) is 1.71. The molecule has 1 amide bonds. The van der Waals surface area contributed by atoms with Gasteiger partial charge >= 0.3 is 0 Å². The summed E-state index contributed by atoms with van der Waals surface area (Å²) in [5.74, 6) is 0.681. The van der Waals surface area contributed by atoms with Gasteiger partial charge in [-0.1, -0.05) is 24.3 Å². The molecule has 0 aliphatic heterocycles. The van der Waals surface area contributed by atoms with Gasteiger partial charge in [0.2, 0.25) is 5.91 Å². The average Bonchev–Trinajstić information content (AvgIpc) is 2.46. The van der Waals surface area contributed by atoms with E-state index in [9.17, 15) is 4.79 Å². The van der Waals surface area contributed by atoms with Crippen LogP contribution in [0.5, 0.6) is 0 Å². The van der Waals surface area contributed by atoms with Crippen LogP contribution in [-0.4, -0.2) is 40.6 Å². The molecule has 0 saturated heterocycles. The van der Waals surface area contributed by atoms with E-state index in [1.54, 1.807) is 18.1 Å². The summed E-state index contributed by atoms with van der Waals surface area (Å²) in [5, 5.41) is 13.1. The minimum Gasteiger partial charge on any atom is -0.357 e. The molecule has 5 heteroatoms. The normalized spacial score (nSPS) is 12.2. The van der Waals surface area contributed by atoms with Gasteiger partial charge in [0, 0.05) is 24.4 Å². The first-order valence-corrected chi connectivity index (χ1v) is 6.35. The fraction of sp³-hybridized carbons (Fsp3) is 0.357.